The molecule has 0 spiro atoms. The van der Waals surface area contributed by atoms with Gasteiger partial charge in [-0.3, -0.25) is 14.9 Å². The fourth-order valence-corrected chi connectivity index (χ4v) is 3.06. The Kier molecular flexibility index (Phi) is 5.17. The topological polar surface area (TPSA) is 84.9 Å². The van der Waals surface area contributed by atoms with E-state index in [2.05, 4.69) is 5.32 Å². The van der Waals surface area contributed by atoms with Gasteiger partial charge < -0.3 is 9.47 Å². The maximum Gasteiger partial charge on any atom is 0.335 e. The van der Waals surface area contributed by atoms with Crippen LogP contribution in [0.3, 0.4) is 0 Å². The molecule has 2 aromatic carbocycles. The fraction of sp³-hybridized carbons (Fsp3) is 0.190. The molecule has 0 radical (unpaired) electrons. The van der Waals surface area contributed by atoms with Crippen molar-refractivity contribution < 1.29 is 23.9 Å². The van der Waals surface area contributed by atoms with Crippen LogP contribution in [-0.2, 0) is 9.59 Å². The van der Waals surface area contributed by atoms with Gasteiger partial charge in [0, 0.05) is 11.6 Å². The van der Waals surface area contributed by atoms with E-state index in [4.69, 9.17) is 9.47 Å². The molecule has 0 saturated carbocycles. The summed E-state index contributed by atoms with van der Waals surface area (Å²) in [7, 11) is 3.00. The number of carbonyl (C=O) groups is 3. The van der Waals surface area contributed by atoms with Crippen LogP contribution >= 0.6 is 0 Å². The van der Waals surface area contributed by atoms with Crippen LogP contribution < -0.4 is 19.7 Å². The Morgan fingerprint density at radius 1 is 0.929 bits per heavy atom. The lowest BCUT2D eigenvalue weighted by molar-refractivity contribution is -0.122. The molecule has 28 heavy (non-hydrogen) atoms. The van der Waals surface area contributed by atoms with Gasteiger partial charge in [-0.25, -0.2) is 9.69 Å². The van der Waals surface area contributed by atoms with Crippen molar-refractivity contribution in [2.24, 2.45) is 0 Å². The number of amides is 4. The smallest absolute Gasteiger partial charge is 0.335 e. The van der Waals surface area contributed by atoms with Crippen LogP contribution in [-0.4, -0.2) is 32.1 Å². The monoisotopic (exact) mass is 380 g/mol. The lowest BCUT2D eigenvalue weighted by Crippen LogP contribution is -2.54. The first-order valence-corrected chi connectivity index (χ1v) is 8.56. The summed E-state index contributed by atoms with van der Waals surface area (Å²) < 4.78 is 10.5. The van der Waals surface area contributed by atoms with Gasteiger partial charge in [-0.2, -0.15) is 0 Å². The first-order chi connectivity index (χ1) is 13.3. The minimum Gasteiger partial charge on any atom is -0.497 e. The van der Waals surface area contributed by atoms with Gasteiger partial charge >= 0.3 is 6.03 Å². The first kappa shape index (κ1) is 19.2. The minimum atomic E-state index is -0.779. The fourth-order valence-electron chi connectivity index (χ4n) is 3.06. The molecule has 0 aliphatic carbocycles. The van der Waals surface area contributed by atoms with E-state index in [-0.39, 0.29) is 5.57 Å². The van der Waals surface area contributed by atoms with Crippen molar-refractivity contribution in [2.45, 2.75) is 13.8 Å². The molecule has 3 rings (SSSR count). The maximum absolute atomic E-state index is 13.0. The van der Waals surface area contributed by atoms with E-state index in [0.717, 1.165) is 16.0 Å². The number of anilines is 1. The van der Waals surface area contributed by atoms with Crippen LogP contribution in [0.4, 0.5) is 10.5 Å². The summed E-state index contributed by atoms with van der Waals surface area (Å²) in [5.74, 6) is -0.446. The number of ether oxygens (including phenoxy) is 2. The van der Waals surface area contributed by atoms with E-state index < -0.39 is 17.8 Å². The number of barbiturate groups is 1. The highest BCUT2D eigenvalue weighted by Gasteiger charge is 2.37. The van der Waals surface area contributed by atoms with Gasteiger partial charge in [-0.15, -0.1) is 0 Å². The molecule has 144 valence electrons. The third-order valence-electron chi connectivity index (χ3n) is 4.31. The second kappa shape index (κ2) is 7.56. The Bertz CT molecular complexity index is 990. The van der Waals surface area contributed by atoms with Crippen LogP contribution in [0.1, 0.15) is 16.7 Å². The van der Waals surface area contributed by atoms with Crippen LogP contribution in [0.5, 0.6) is 11.5 Å². The number of carbonyl (C=O) groups excluding carboxylic acids is 3. The van der Waals surface area contributed by atoms with Gasteiger partial charge in [0.2, 0.25) is 0 Å². The number of aryl methyl sites for hydroxylation is 2. The zero-order chi connectivity index (χ0) is 20.4. The van der Waals surface area contributed by atoms with Gasteiger partial charge in [-0.1, -0.05) is 6.07 Å². The zero-order valence-corrected chi connectivity index (χ0v) is 16.0. The number of hydrogen-bond acceptors (Lipinski definition) is 5. The van der Waals surface area contributed by atoms with E-state index in [9.17, 15) is 14.4 Å². The van der Waals surface area contributed by atoms with Crippen LogP contribution in [0.25, 0.3) is 6.08 Å². The molecule has 1 saturated heterocycles. The average molecular weight is 380 g/mol. The lowest BCUT2D eigenvalue weighted by Gasteiger charge is -2.27. The molecule has 0 bridgehead atoms. The van der Waals surface area contributed by atoms with Gasteiger partial charge in [0.1, 0.15) is 17.1 Å². The van der Waals surface area contributed by atoms with Crippen LogP contribution in [0, 0.1) is 13.8 Å². The van der Waals surface area contributed by atoms with Crippen LogP contribution in [0.2, 0.25) is 0 Å². The minimum absolute atomic E-state index is 0.165. The summed E-state index contributed by atoms with van der Waals surface area (Å²) in [6.45, 7) is 3.74. The van der Waals surface area contributed by atoms with E-state index in [1.807, 2.05) is 19.9 Å². The zero-order valence-electron chi connectivity index (χ0n) is 16.0. The molecular formula is C21H20N2O5. The number of rotatable bonds is 4. The summed E-state index contributed by atoms with van der Waals surface area (Å²) >= 11 is 0. The van der Waals surface area contributed by atoms with E-state index >= 15 is 0 Å². The summed E-state index contributed by atoms with van der Waals surface area (Å²) in [6.07, 6.45) is 1.40. The maximum atomic E-state index is 13.0. The van der Waals surface area contributed by atoms with E-state index in [0.29, 0.717) is 22.7 Å². The van der Waals surface area contributed by atoms with Gasteiger partial charge in [0.25, 0.3) is 11.8 Å². The highest BCUT2D eigenvalue weighted by atomic mass is 16.5. The normalized spacial score (nSPS) is 15.6. The predicted octanol–water partition coefficient (Wildman–Crippen LogP) is 2.99. The number of nitrogens with one attached hydrogen (secondary N) is 1. The van der Waals surface area contributed by atoms with Crippen molar-refractivity contribution in [1.29, 1.82) is 0 Å². The molecule has 1 aliphatic heterocycles. The van der Waals surface area contributed by atoms with Crippen LogP contribution in [0.15, 0.2) is 42.0 Å². The van der Waals surface area contributed by atoms with E-state index in [1.165, 1.54) is 20.3 Å². The molecular weight excluding hydrogens is 360 g/mol. The number of urea groups is 1. The van der Waals surface area contributed by atoms with Crippen molar-refractivity contribution in [1.82, 2.24) is 5.32 Å². The first-order valence-electron chi connectivity index (χ1n) is 8.56. The Labute approximate surface area is 162 Å². The third kappa shape index (κ3) is 3.59. The van der Waals surface area contributed by atoms with Crippen molar-refractivity contribution in [3.05, 3.63) is 58.7 Å². The summed E-state index contributed by atoms with van der Waals surface area (Å²) in [5.41, 5.74) is 2.54. The Morgan fingerprint density at radius 3 is 2.21 bits per heavy atom. The largest absolute Gasteiger partial charge is 0.497 e. The molecule has 1 aliphatic rings. The summed E-state index contributed by atoms with van der Waals surface area (Å²) in [6, 6.07) is 9.58. The third-order valence-corrected chi connectivity index (χ3v) is 4.31. The summed E-state index contributed by atoms with van der Waals surface area (Å²) in [5, 5.41) is 2.22. The van der Waals surface area contributed by atoms with Crippen molar-refractivity contribution in [2.75, 3.05) is 19.1 Å². The predicted molar refractivity (Wildman–Crippen MR) is 104 cm³/mol. The standard InChI is InChI=1S/C21H20N2O5/c1-12-7-13(2)9-15(8-12)23-20(25)17(19(24)22-21(23)26)10-14-5-6-16(27-3)11-18(14)28-4/h5-11H,1-4H3,(H,22,24,26)/b17-10-. The quantitative estimate of drug-likeness (QED) is 0.651. The molecule has 2 aromatic rings. The molecule has 4 amide bonds. The van der Waals surface area contributed by atoms with Crippen molar-refractivity contribution in [3.63, 3.8) is 0 Å². The van der Waals surface area contributed by atoms with Gasteiger partial charge in [0.05, 0.1) is 19.9 Å². The molecule has 0 aromatic heterocycles. The Morgan fingerprint density at radius 2 is 1.61 bits per heavy atom. The number of benzene rings is 2. The molecule has 7 nitrogen and oxygen atoms in total. The van der Waals surface area contributed by atoms with E-state index in [1.54, 1.807) is 30.3 Å². The molecule has 0 atom stereocenters. The lowest BCUT2D eigenvalue weighted by atomic mass is 10.0. The van der Waals surface area contributed by atoms with Crippen molar-refractivity contribution >= 4 is 29.6 Å². The molecule has 1 fully saturated rings. The number of imide groups is 2. The summed E-state index contributed by atoms with van der Waals surface area (Å²) in [4.78, 5) is 38.7. The second-order valence-corrected chi connectivity index (χ2v) is 6.41. The SMILES string of the molecule is COc1ccc(/C=C2/C(=O)NC(=O)N(c3cc(C)cc(C)c3)C2=O)c(OC)c1. The van der Waals surface area contributed by atoms with Gasteiger partial charge in [-0.05, 0) is 55.3 Å². The highest BCUT2D eigenvalue weighted by molar-refractivity contribution is 6.39. The molecule has 1 heterocycles. The molecule has 0 unspecified atom stereocenters. The molecule has 1 N–H and O–H groups in total. The van der Waals surface area contributed by atoms with Crippen molar-refractivity contribution in [3.8, 4) is 11.5 Å². The number of hydrogen-bond donors (Lipinski definition) is 1. The highest BCUT2D eigenvalue weighted by Crippen LogP contribution is 2.29. The average Bonchev–Trinajstić information content (AvgIpc) is 2.64. The van der Waals surface area contributed by atoms with Gasteiger partial charge in [0.15, 0.2) is 0 Å². The number of methoxy groups -OCH3 is 2. The number of nitrogens with zero attached hydrogens (tertiary/aromatic N) is 1. The molecule has 7 heteroatoms. The second-order valence-electron chi connectivity index (χ2n) is 6.41. The Balaban J connectivity index is 2.06. The Hall–Kier alpha value is -3.61.